The Morgan fingerprint density at radius 3 is 2.80 bits per heavy atom. The molecule has 0 saturated heterocycles. The number of hydrogen-bond donors (Lipinski definition) is 1. The number of halogens is 1. The van der Waals surface area contributed by atoms with E-state index in [1.54, 1.807) is 6.20 Å². The zero-order valence-corrected chi connectivity index (χ0v) is 12.8. The van der Waals surface area contributed by atoms with Gasteiger partial charge in [-0.15, -0.1) is 0 Å². The lowest BCUT2D eigenvalue weighted by Gasteiger charge is -2.10. The number of hydrogen-bond acceptors (Lipinski definition) is 3. The van der Waals surface area contributed by atoms with Crippen LogP contribution in [0.4, 0.5) is 0 Å². The highest BCUT2D eigenvalue weighted by atomic mass is 79.9. The van der Waals surface area contributed by atoms with Gasteiger partial charge in [0.25, 0.3) is 0 Å². The Kier molecular flexibility index (Phi) is 2.36. The molecule has 0 spiro atoms. The molecule has 3 aliphatic rings. The molecular weight excluding hydrogens is 316 g/mol. The predicted molar refractivity (Wildman–Crippen MR) is 79.1 cm³/mol. The van der Waals surface area contributed by atoms with E-state index in [0.717, 1.165) is 46.5 Å². The molecule has 0 radical (unpaired) electrons. The Labute approximate surface area is 126 Å². The van der Waals surface area contributed by atoms with Crippen molar-refractivity contribution in [1.82, 2.24) is 19.7 Å². The average molecular weight is 333 g/mol. The molecule has 1 N–H and O–H groups in total. The third-order valence-electron chi connectivity index (χ3n) is 5.70. The molecule has 0 amide bonds. The van der Waals surface area contributed by atoms with Gasteiger partial charge in [0.05, 0.1) is 18.1 Å². The monoisotopic (exact) mass is 332 g/mol. The van der Waals surface area contributed by atoms with Gasteiger partial charge < -0.3 is 5.32 Å². The van der Waals surface area contributed by atoms with Crippen molar-refractivity contribution in [3.05, 3.63) is 28.9 Å². The van der Waals surface area contributed by atoms with Crippen LogP contribution in [0.1, 0.15) is 25.0 Å². The van der Waals surface area contributed by atoms with Gasteiger partial charge in [-0.25, -0.2) is 9.97 Å². The smallest absolute Gasteiger partial charge is 0.155 e. The summed E-state index contributed by atoms with van der Waals surface area (Å²) in [6.07, 6.45) is 10.2. The van der Waals surface area contributed by atoms with Gasteiger partial charge in [-0.05, 0) is 58.9 Å². The number of nitrogens with zero attached hydrogens (tertiary/aromatic N) is 3. The molecule has 0 aromatic carbocycles. The Hall–Kier alpha value is -0.940. The summed E-state index contributed by atoms with van der Waals surface area (Å²) < 4.78 is 2.97. The van der Waals surface area contributed by atoms with Gasteiger partial charge in [-0.3, -0.25) is 4.40 Å². The van der Waals surface area contributed by atoms with Gasteiger partial charge in [-0.1, -0.05) is 0 Å². The molecule has 2 bridgehead atoms. The van der Waals surface area contributed by atoms with E-state index in [-0.39, 0.29) is 0 Å². The van der Waals surface area contributed by atoms with Gasteiger partial charge in [0.2, 0.25) is 0 Å². The topological polar surface area (TPSA) is 42.2 Å². The normalized spacial score (nSPS) is 37.5. The minimum absolute atomic E-state index is 0.775. The molecule has 20 heavy (non-hydrogen) atoms. The fourth-order valence-electron chi connectivity index (χ4n) is 4.87. The van der Waals surface area contributed by atoms with Crippen molar-refractivity contribution in [2.45, 2.75) is 31.8 Å². The molecule has 0 aliphatic heterocycles. The number of nitrogens with one attached hydrogen (secondary N) is 1. The third-order valence-corrected chi connectivity index (χ3v) is 6.10. The van der Waals surface area contributed by atoms with Crippen LogP contribution in [0, 0.1) is 23.7 Å². The first-order valence-corrected chi connectivity index (χ1v) is 8.31. The molecule has 2 heterocycles. The van der Waals surface area contributed by atoms with Crippen LogP contribution in [-0.4, -0.2) is 20.4 Å². The van der Waals surface area contributed by atoms with Crippen LogP contribution in [0.25, 0.3) is 5.65 Å². The number of imidazole rings is 1. The van der Waals surface area contributed by atoms with Crippen LogP contribution in [0.5, 0.6) is 0 Å². The van der Waals surface area contributed by atoms with Gasteiger partial charge in [0.15, 0.2) is 5.65 Å². The first-order valence-electron chi connectivity index (χ1n) is 7.52. The van der Waals surface area contributed by atoms with Crippen molar-refractivity contribution < 1.29 is 0 Å². The Balaban J connectivity index is 1.33. The van der Waals surface area contributed by atoms with Crippen molar-refractivity contribution in [3.8, 4) is 0 Å². The van der Waals surface area contributed by atoms with Crippen LogP contribution < -0.4 is 5.32 Å². The second-order valence-electron chi connectivity index (χ2n) is 6.58. The maximum absolute atomic E-state index is 4.41. The second-order valence-corrected chi connectivity index (χ2v) is 7.39. The van der Waals surface area contributed by atoms with Crippen molar-refractivity contribution in [3.63, 3.8) is 0 Å². The highest BCUT2D eigenvalue weighted by Gasteiger charge is 2.64. The molecule has 2 aromatic heterocycles. The summed E-state index contributed by atoms with van der Waals surface area (Å²) in [5.74, 6) is 4.04. The Morgan fingerprint density at radius 2 is 2.00 bits per heavy atom. The van der Waals surface area contributed by atoms with Crippen LogP contribution in [-0.2, 0) is 6.54 Å². The summed E-state index contributed by atoms with van der Waals surface area (Å²) in [5.41, 5.74) is 2.14. The lowest BCUT2D eigenvalue weighted by Crippen LogP contribution is -2.23. The lowest BCUT2D eigenvalue weighted by atomic mass is 10.0. The Bertz CT molecular complexity index is 666. The third kappa shape index (κ3) is 1.56. The highest BCUT2D eigenvalue weighted by molar-refractivity contribution is 9.10. The summed E-state index contributed by atoms with van der Waals surface area (Å²) in [5, 5.41) is 3.78. The fraction of sp³-hybridized carbons (Fsp3) is 0.600. The van der Waals surface area contributed by atoms with E-state index in [2.05, 4.69) is 35.6 Å². The summed E-state index contributed by atoms with van der Waals surface area (Å²) in [6.45, 7) is 0.911. The molecule has 3 aliphatic carbocycles. The molecule has 4 unspecified atom stereocenters. The van der Waals surface area contributed by atoms with E-state index in [0.29, 0.717) is 0 Å². The van der Waals surface area contributed by atoms with Crippen LogP contribution >= 0.6 is 15.9 Å². The number of fused-ring (bicyclic) bond motifs is 6. The zero-order chi connectivity index (χ0) is 13.3. The van der Waals surface area contributed by atoms with E-state index in [1.165, 1.54) is 25.0 Å². The van der Waals surface area contributed by atoms with Gasteiger partial charge in [0.1, 0.15) is 4.60 Å². The molecule has 4 atom stereocenters. The molecule has 2 aromatic rings. The summed E-state index contributed by atoms with van der Waals surface area (Å²) in [6, 6.07) is 0.775. The van der Waals surface area contributed by atoms with Gasteiger partial charge in [-0.2, -0.15) is 0 Å². The minimum atomic E-state index is 0.775. The van der Waals surface area contributed by atoms with Gasteiger partial charge in [0, 0.05) is 18.8 Å². The van der Waals surface area contributed by atoms with E-state index < -0.39 is 0 Å². The standard InChI is InChI=1S/C15H17BrN4/c16-11-7-20-10(4-18-12(20)6-17-11)5-19-15-13-8-1-2-9(3-8)14(13)15/h4,6-9,13-15,19H,1-3,5H2. The largest absolute Gasteiger partial charge is 0.308 e. The average Bonchev–Trinajstić information content (AvgIpc) is 2.83. The van der Waals surface area contributed by atoms with E-state index in [9.17, 15) is 0 Å². The van der Waals surface area contributed by atoms with Crippen molar-refractivity contribution in [2.24, 2.45) is 23.7 Å². The van der Waals surface area contributed by atoms with Crippen molar-refractivity contribution >= 4 is 21.6 Å². The maximum Gasteiger partial charge on any atom is 0.155 e. The molecule has 104 valence electrons. The fourth-order valence-corrected chi connectivity index (χ4v) is 5.17. The molecule has 4 nitrogen and oxygen atoms in total. The van der Waals surface area contributed by atoms with Gasteiger partial charge >= 0.3 is 0 Å². The zero-order valence-electron chi connectivity index (χ0n) is 11.2. The van der Waals surface area contributed by atoms with Crippen LogP contribution in [0.15, 0.2) is 23.2 Å². The lowest BCUT2D eigenvalue weighted by molar-refractivity contribution is 0.456. The second kappa shape index (κ2) is 4.04. The summed E-state index contributed by atoms with van der Waals surface area (Å²) in [7, 11) is 0. The van der Waals surface area contributed by atoms with E-state index >= 15 is 0 Å². The van der Waals surface area contributed by atoms with Crippen molar-refractivity contribution in [2.75, 3.05) is 0 Å². The molecule has 5 rings (SSSR count). The minimum Gasteiger partial charge on any atom is -0.308 e. The first kappa shape index (κ1) is 11.7. The van der Waals surface area contributed by atoms with E-state index in [1.807, 2.05) is 12.4 Å². The molecular formula is C15H17BrN4. The molecule has 3 fully saturated rings. The summed E-state index contributed by atoms with van der Waals surface area (Å²) >= 11 is 3.43. The SMILES string of the molecule is Brc1cn2c(CNC3C4C5CCC(C5)C34)cnc2cn1. The number of aromatic nitrogens is 3. The number of rotatable bonds is 3. The first-order chi connectivity index (χ1) is 9.81. The van der Waals surface area contributed by atoms with Crippen molar-refractivity contribution in [1.29, 1.82) is 0 Å². The maximum atomic E-state index is 4.41. The molecule has 3 saturated carbocycles. The summed E-state index contributed by atoms with van der Waals surface area (Å²) in [4.78, 5) is 8.63. The van der Waals surface area contributed by atoms with E-state index in [4.69, 9.17) is 0 Å². The highest BCUT2D eigenvalue weighted by Crippen LogP contribution is 2.65. The van der Waals surface area contributed by atoms with Crippen LogP contribution in [0.2, 0.25) is 0 Å². The predicted octanol–water partition coefficient (Wildman–Crippen LogP) is 2.63. The molecule has 5 heteroatoms. The quantitative estimate of drug-likeness (QED) is 0.939. The van der Waals surface area contributed by atoms with Crippen LogP contribution in [0.3, 0.4) is 0 Å². The Morgan fingerprint density at radius 1 is 1.20 bits per heavy atom.